The Balaban J connectivity index is 1.27. The number of aliphatic carboxylic acids is 1. The van der Waals surface area contributed by atoms with Crippen LogP contribution >= 0.6 is 0 Å². The zero-order valence-corrected chi connectivity index (χ0v) is 30.9. The van der Waals surface area contributed by atoms with Crippen molar-refractivity contribution in [3.05, 3.63) is 0 Å². The average molecular weight is 699 g/mol. The van der Waals surface area contributed by atoms with E-state index in [2.05, 4.69) is 20.8 Å². The van der Waals surface area contributed by atoms with Crippen molar-refractivity contribution in [3.8, 4) is 0 Å². The molecule has 0 unspecified atom stereocenters. The molecule has 5 fully saturated rings. The van der Waals surface area contributed by atoms with E-state index in [4.69, 9.17) is 28.4 Å². The summed E-state index contributed by atoms with van der Waals surface area (Å²) in [5.74, 6) is -5.90. The second-order valence-electron chi connectivity index (χ2n) is 16.8. The maximum atomic E-state index is 12.3. The highest BCUT2D eigenvalue weighted by molar-refractivity contribution is 5.72. The predicted octanol–water partition coefficient (Wildman–Crippen LogP) is 4.19. The summed E-state index contributed by atoms with van der Waals surface area (Å²) in [6.45, 7) is 16.7. The molecule has 12 heteroatoms. The van der Waals surface area contributed by atoms with Crippen LogP contribution in [0.3, 0.4) is 0 Å². The van der Waals surface area contributed by atoms with Crippen molar-refractivity contribution in [1.82, 2.24) is 0 Å². The first kappa shape index (κ1) is 38.8. The Bertz CT molecular complexity index is 1200. The normalized spacial score (nSPS) is 49.1. The van der Waals surface area contributed by atoms with E-state index in [0.29, 0.717) is 12.8 Å². The molecule has 49 heavy (non-hydrogen) atoms. The van der Waals surface area contributed by atoms with Crippen molar-refractivity contribution in [2.45, 2.75) is 179 Å². The fourth-order valence-electron chi connectivity index (χ4n) is 9.66. The molecule has 0 amide bonds. The van der Waals surface area contributed by atoms with Gasteiger partial charge in [-0.3, -0.25) is 9.59 Å². The van der Waals surface area contributed by atoms with Gasteiger partial charge in [0.25, 0.3) is 0 Å². The van der Waals surface area contributed by atoms with Crippen LogP contribution in [0.5, 0.6) is 0 Å². The number of hydrogen-bond donors (Lipinski definition) is 4. The summed E-state index contributed by atoms with van der Waals surface area (Å²) in [7, 11) is 0. The van der Waals surface area contributed by atoms with Crippen LogP contribution in [0.1, 0.15) is 114 Å². The van der Waals surface area contributed by atoms with Crippen molar-refractivity contribution >= 4 is 11.9 Å². The molecule has 0 bridgehead atoms. The number of ether oxygens (including phenoxy) is 6. The third-order valence-electron chi connectivity index (χ3n) is 12.9. The molecule has 0 aromatic heterocycles. The summed E-state index contributed by atoms with van der Waals surface area (Å²) in [4.78, 5) is 24.3. The Labute approximate surface area is 291 Å². The molecular formula is C37H62O12. The van der Waals surface area contributed by atoms with Gasteiger partial charge in [-0.2, -0.15) is 0 Å². The van der Waals surface area contributed by atoms with Crippen LogP contribution in [0.2, 0.25) is 0 Å². The molecule has 282 valence electrons. The average Bonchev–Trinajstić information content (AvgIpc) is 3.74. The minimum Gasteiger partial charge on any atom is -0.481 e. The topological polar surface area (TPSA) is 170 Å². The van der Waals surface area contributed by atoms with Gasteiger partial charge >= 0.3 is 11.9 Å². The molecule has 0 aromatic carbocycles. The zero-order chi connectivity index (χ0) is 36.3. The van der Waals surface area contributed by atoms with Crippen molar-refractivity contribution in [1.29, 1.82) is 0 Å². The van der Waals surface area contributed by atoms with Crippen molar-refractivity contribution in [3.63, 3.8) is 0 Å². The number of rotatable bonds is 10. The molecule has 12 nitrogen and oxygen atoms in total. The maximum Gasteiger partial charge on any atom is 0.309 e. The number of aliphatic hydroxyl groups is 3. The highest BCUT2D eigenvalue weighted by Crippen LogP contribution is 2.54. The second-order valence-corrected chi connectivity index (χ2v) is 16.8. The zero-order valence-electron chi connectivity index (χ0n) is 30.9. The molecule has 0 saturated carbocycles. The monoisotopic (exact) mass is 698 g/mol. The van der Waals surface area contributed by atoms with Gasteiger partial charge in [-0.05, 0) is 64.7 Å². The molecule has 5 heterocycles. The molecular weight excluding hydrogens is 636 g/mol. The lowest BCUT2D eigenvalue weighted by molar-refractivity contribution is -0.335. The summed E-state index contributed by atoms with van der Waals surface area (Å²) < 4.78 is 39.1. The van der Waals surface area contributed by atoms with Gasteiger partial charge < -0.3 is 48.8 Å². The van der Waals surface area contributed by atoms with Gasteiger partial charge in [-0.15, -0.1) is 0 Å². The molecule has 5 aliphatic heterocycles. The Morgan fingerprint density at radius 3 is 2.29 bits per heavy atom. The fraction of sp³-hybridized carbons (Fsp3) is 0.946. The van der Waals surface area contributed by atoms with Gasteiger partial charge in [0.05, 0.1) is 60.4 Å². The van der Waals surface area contributed by atoms with Crippen LogP contribution in [0.4, 0.5) is 0 Å². The standard InChI is InChI=1S/C37H62O12/c1-10-28(40)45-30(24(7)33(41)42)23(6)31-22(5)25(39)17-36(47-31)14-13-34(8,49-36)27-11-12-35(9,46-27)32-20(3)16-26(44-32)29-19(2)15-21(4)37(43,18-38)48-29/h19-27,29-32,38-39,43H,10-18H2,1-9H3,(H,41,42)/t19-,20-,21+,22+,23-,24-,25-,26-,27-,29+,30-,31+,32+,34+,35+,36-,37+/m0/s1. The number of hydrogen-bond acceptors (Lipinski definition) is 11. The van der Waals surface area contributed by atoms with E-state index >= 15 is 0 Å². The highest BCUT2D eigenvalue weighted by Gasteiger charge is 2.61. The third-order valence-corrected chi connectivity index (χ3v) is 12.9. The fourth-order valence-corrected chi connectivity index (χ4v) is 9.66. The molecule has 0 aromatic rings. The molecule has 0 radical (unpaired) electrons. The Morgan fingerprint density at radius 2 is 1.65 bits per heavy atom. The smallest absolute Gasteiger partial charge is 0.309 e. The van der Waals surface area contributed by atoms with E-state index in [1.54, 1.807) is 6.92 Å². The lowest BCUT2D eigenvalue weighted by atomic mass is 9.78. The van der Waals surface area contributed by atoms with E-state index in [9.17, 15) is 30.0 Å². The Morgan fingerprint density at radius 1 is 0.959 bits per heavy atom. The Hall–Kier alpha value is -1.38. The van der Waals surface area contributed by atoms with Crippen LogP contribution in [-0.4, -0.2) is 104 Å². The maximum absolute atomic E-state index is 12.3. The van der Waals surface area contributed by atoms with E-state index < -0.39 is 71.5 Å². The molecule has 0 aliphatic carbocycles. The molecule has 1 spiro atoms. The quantitative estimate of drug-likeness (QED) is 0.240. The van der Waals surface area contributed by atoms with Gasteiger partial charge in [0, 0.05) is 37.0 Å². The van der Waals surface area contributed by atoms with E-state index in [1.807, 2.05) is 27.7 Å². The number of carboxylic acid groups (broad SMARTS) is 1. The molecule has 17 atom stereocenters. The summed E-state index contributed by atoms with van der Waals surface area (Å²) in [5, 5.41) is 42.0. The summed E-state index contributed by atoms with van der Waals surface area (Å²) >= 11 is 0. The van der Waals surface area contributed by atoms with Gasteiger partial charge in [0.15, 0.2) is 11.6 Å². The van der Waals surface area contributed by atoms with Crippen LogP contribution in [0.15, 0.2) is 0 Å². The summed E-state index contributed by atoms with van der Waals surface area (Å²) in [5.41, 5.74) is -1.29. The minimum absolute atomic E-state index is 0.121. The lowest BCUT2D eigenvalue weighted by Gasteiger charge is -2.48. The van der Waals surface area contributed by atoms with Crippen LogP contribution in [0, 0.1) is 35.5 Å². The first-order valence-electron chi connectivity index (χ1n) is 18.6. The van der Waals surface area contributed by atoms with Crippen molar-refractivity contribution < 1.29 is 58.4 Å². The van der Waals surface area contributed by atoms with E-state index in [-0.39, 0.29) is 60.9 Å². The van der Waals surface area contributed by atoms with Gasteiger partial charge in [-0.25, -0.2) is 0 Å². The van der Waals surface area contributed by atoms with E-state index in [0.717, 1.165) is 25.7 Å². The van der Waals surface area contributed by atoms with Gasteiger partial charge in [0.2, 0.25) is 0 Å². The molecule has 5 aliphatic rings. The number of aliphatic hydroxyl groups excluding tert-OH is 2. The van der Waals surface area contributed by atoms with Crippen LogP contribution in [-0.2, 0) is 38.0 Å². The van der Waals surface area contributed by atoms with Gasteiger partial charge in [0.1, 0.15) is 6.10 Å². The summed E-state index contributed by atoms with van der Waals surface area (Å²) in [6, 6.07) is 0. The third kappa shape index (κ3) is 7.32. The first-order valence-corrected chi connectivity index (χ1v) is 18.6. The highest BCUT2D eigenvalue weighted by atomic mass is 16.7. The lowest BCUT2D eigenvalue weighted by Crippen LogP contribution is -2.57. The predicted molar refractivity (Wildman–Crippen MR) is 177 cm³/mol. The first-order chi connectivity index (χ1) is 22.8. The largest absolute Gasteiger partial charge is 0.481 e. The Kier molecular flexibility index (Phi) is 11.3. The van der Waals surface area contributed by atoms with E-state index in [1.165, 1.54) is 6.92 Å². The van der Waals surface area contributed by atoms with Gasteiger partial charge in [-0.1, -0.05) is 41.5 Å². The molecule has 4 N–H and O–H groups in total. The number of carbonyl (C=O) groups excluding carboxylic acids is 1. The van der Waals surface area contributed by atoms with Crippen molar-refractivity contribution in [2.24, 2.45) is 35.5 Å². The molecule has 5 saturated heterocycles. The minimum atomic E-state index is -1.58. The van der Waals surface area contributed by atoms with Crippen molar-refractivity contribution in [2.75, 3.05) is 6.61 Å². The number of carbonyl (C=O) groups is 2. The summed E-state index contributed by atoms with van der Waals surface area (Å²) in [6.07, 6.45) is 1.24. The molecule has 5 rings (SSSR count). The SMILES string of the molecule is CCC(=O)O[C@@H]([C@H](C)[C@@H]1O[C@]2(CC[C@](C)([C@@H]3CC[C@](C)([C@@H]4O[C@H]([C@@H]5O[C@](O)(CO)[C@H](C)C[C@@H]5C)C[C@@H]4C)O3)O2)C[C@H](O)[C@H]1C)[C@H](C)C(=O)O. The van der Waals surface area contributed by atoms with Crippen LogP contribution < -0.4 is 0 Å². The number of esters is 1. The number of carboxylic acids is 1. The second kappa shape index (κ2) is 14.2. The van der Waals surface area contributed by atoms with Crippen LogP contribution in [0.25, 0.3) is 0 Å².